The van der Waals surface area contributed by atoms with Crippen molar-refractivity contribution in [1.82, 2.24) is 10.1 Å². The minimum absolute atomic E-state index is 0.0881. The third kappa shape index (κ3) is 3.52. The summed E-state index contributed by atoms with van der Waals surface area (Å²) in [5.74, 6) is 0.423. The van der Waals surface area contributed by atoms with Crippen molar-refractivity contribution in [2.75, 3.05) is 31.1 Å². The molecule has 3 rings (SSSR count). The van der Waals surface area contributed by atoms with Crippen LogP contribution in [0.4, 0.5) is 10.1 Å². The lowest BCUT2D eigenvalue weighted by Crippen LogP contribution is -2.48. The SMILES string of the molecule is CCCc1cc(C(=O)N2CCN(c3ccc(F)cc3)CC2)no1. The van der Waals surface area contributed by atoms with Gasteiger partial charge in [0, 0.05) is 44.4 Å². The molecule has 1 fully saturated rings. The van der Waals surface area contributed by atoms with Gasteiger partial charge < -0.3 is 14.3 Å². The van der Waals surface area contributed by atoms with Gasteiger partial charge in [0.25, 0.3) is 5.91 Å². The molecule has 2 aromatic rings. The Morgan fingerprint density at radius 3 is 2.57 bits per heavy atom. The minimum atomic E-state index is -0.239. The third-order valence-electron chi connectivity index (χ3n) is 4.03. The van der Waals surface area contributed by atoms with Crippen LogP contribution in [0, 0.1) is 5.82 Å². The van der Waals surface area contributed by atoms with Gasteiger partial charge in [0.2, 0.25) is 0 Å². The summed E-state index contributed by atoms with van der Waals surface area (Å²) in [6, 6.07) is 8.18. The molecule has 5 nitrogen and oxygen atoms in total. The number of nitrogens with zero attached hydrogens (tertiary/aromatic N) is 3. The van der Waals surface area contributed by atoms with Crippen LogP contribution in [-0.2, 0) is 6.42 Å². The maximum atomic E-state index is 13.0. The van der Waals surface area contributed by atoms with Crippen molar-refractivity contribution in [2.45, 2.75) is 19.8 Å². The Bertz CT molecular complexity index is 661. The Balaban J connectivity index is 1.59. The molecule has 122 valence electrons. The van der Waals surface area contributed by atoms with Gasteiger partial charge in [0.05, 0.1) is 0 Å². The number of aromatic nitrogens is 1. The number of piperazine rings is 1. The largest absolute Gasteiger partial charge is 0.368 e. The van der Waals surface area contributed by atoms with Crippen LogP contribution < -0.4 is 4.90 Å². The summed E-state index contributed by atoms with van der Waals surface area (Å²) in [4.78, 5) is 16.4. The first kappa shape index (κ1) is 15.5. The van der Waals surface area contributed by atoms with E-state index in [9.17, 15) is 9.18 Å². The summed E-state index contributed by atoms with van der Waals surface area (Å²) in [5, 5.41) is 3.88. The minimum Gasteiger partial charge on any atom is -0.368 e. The maximum Gasteiger partial charge on any atom is 0.276 e. The van der Waals surface area contributed by atoms with Crippen molar-refractivity contribution < 1.29 is 13.7 Å². The zero-order valence-corrected chi connectivity index (χ0v) is 13.2. The van der Waals surface area contributed by atoms with Crippen molar-refractivity contribution in [2.24, 2.45) is 0 Å². The van der Waals surface area contributed by atoms with Crippen LogP contribution in [0.25, 0.3) is 0 Å². The Kier molecular flexibility index (Phi) is 4.60. The fourth-order valence-corrected chi connectivity index (χ4v) is 2.76. The number of halogens is 1. The molecule has 1 amide bonds. The molecule has 1 aromatic heterocycles. The molecule has 1 aromatic carbocycles. The van der Waals surface area contributed by atoms with E-state index in [0.717, 1.165) is 37.4 Å². The predicted molar refractivity (Wildman–Crippen MR) is 85.0 cm³/mol. The van der Waals surface area contributed by atoms with Crippen LogP contribution in [0.3, 0.4) is 0 Å². The van der Waals surface area contributed by atoms with Gasteiger partial charge in [-0.1, -0.05) is 12.1 Å². The Morgan fingerprint density at radius 1 is 1.22 bits per heavy atom. The zero-order chi connectivity index (χ0) is 16.2. The van der Waals surface area contributed by atoms with Crippen molar-refractivity contribution >= 4 is 11.6 Å². The number of amides is 1. The molecule has 2 heterocycles. The zero-order valence-electron chi connectivity index (χ0n) is 13.2. The van der Waals surface area contributed by atoms with Gasteiger partial charge in [-0.05, 0) is 30.7 Å². The Hall–Kier alpha value is -2.37. The molecule has 6 heteroatoms. The number of benzene rings is 1. The first-order chi connectivity index (χ1) is 11.2. The molecule has 0 radical (unpaired) electrons. The van der Waals surface area contributed by atoms with Crippen LogP contribution in [0.15, 0.2) is 34.9 Å². The van der Waals surface area contributed by atoms with E-state index in [4.69, 9.17) is 4.52 Å². The van der Waals surface area contributed by atoms with Crippen molar-refractivity contribution in [3.05, 3.63) is 47.6 Å². The number of carbonyl (C=O) groups excluding carboxylic acids is 1. The standard InChI is InChI=1S/C17H20FN3O2/c1-2-3-15-12-16(19-23-15)17(22)21-10-8-20(9-11-21)14-6-4-13(18)5-7-14/h4-7,12H,2-3,8-11H2,1H3. The van der Waals surface area contributed by atoms with E-state index >= 15 is 0 Å². The summed E-state index contributed by atoms with van der Waals surface area (Å²) < 4.78 is 18.2. The van der Waals surface area contributed by atoms with Gasteiger partial charge >= 0.3 is 0 Å². The summed E-state index contributed by atoms with van der Waals surface area (Å²) in [5.41, 5.74) is 1.36. The second kappa shape index (κ2) is 6.81. The van der Waals surface area contributed by atoms with Crippen molar-refractivity contribution in [3.8, 4) is 0 Å². The number of rotatable bonds is 4. The number of hydrogen-bond acceptors (Lipinski definition) is 4. The highest BCUT2D eigenvalue weighted by Crippen LogP contribution is 2.18. The average Bonchev–Trinajstić information content (AvgIpc) is 3.04. The number of hydrogen-bond donors (Lipinski definition) is 0. The molecule has 0 atom stereocenters. The molecular formula is C17H20FN3O2. The summed E-state index contributed by atoms with van der Waals surface area (Å²) in [7, 11) is 0. The fraction of sp³-hybridized carbons (Fsp3) is 0.412. The lowest BCUT2D eigenvalue weighted by Gasteiger charge is -2.35. The highest BCUT2D eigenvalue weighted by molar-refractivity contribution is 5.92. The van der Waals surface area contributed by atoms with E-state index in [1.807, 2.05) is 0 Å². The van der Waals surface area contributed by atoms with Crippen molar-refractivity contribution in [1.29, 1.82) is 0 Å². The Morgan fingerprint density at radius 2 is 1.91 bits per heavy atom. The molecular weight excluding hydrogens is 297 g/mol. The van der Waals surface area contributed by atoms with Crippen LogP contribution >= 0.6 is 0 Å². The molecule has 1 saturated heterocycles. The van der Waals surface area contributed by atoms with Gasteiger partial charge in [-0.15, -0.1) is 0 Å². The first-order valence-corrected chi connectivity index (χ1v) is 7.92. The fourth-order valence-electron chi connectivity index (χ4n) is 2.76. The molecule has 1 aliphatic rings. The van der Waals surface area contributed by atoms with Gasteiger partial charge in [-0.2, -0.15) is 0 Å². The normalized spacial score (nSPS) is 15.0. The van der Waals surface area contributed by atoms with Gasteiger partial charge in [0.1, 0.15) is 11.6 Å². The molecule has 23 heavy (non-hydrogen) atoms. The summed E-state index contributed by atoms with van der Waals surface area (Å²) >= 11 is 0. The van der Waals surface area contributed by atoms with E-state index < -0.39 is 0 Å². The molecule has 0 saturated carbocycles. The molecule has 0 unspecified atom stereocenters. The second-order valence-corrected chi connectivity index (χ2v) is 5.68. The molecule has 0 bridgehead atoms. The van der Waals surface area contributed by atoms with Gasteiger partial charge in [-0.25, -0.2) is 4.39 Å². The molecule has 0 aliphatic carbocycles. The van der Waals surface area contributed by atoms with E-state index in [2.05, 4.69) is 17.0 Å². The first-order valence-electron chi connectivity index (χ1n) is 7.92. The van der Waals surface area contributed by atoms with Gasteiger partial charge in [0.15, 0.2) is 5.69 Å². The molecule has 0 N–H and O–H groups in total. The van der Waals surface area contributed by atoms with Crippen LogP contribution in [0.1, 0.15) is 29.6 Å². The predicted octanol–water partition coefficient (Wildman–Crippen LogP) is 2.73. The van der Waals surface area contributed by atoms with Crippen LogP contribution in [0.5, 0.6) is 0 Å². The quantitative estimate of drug-likeness (QED) is 0.870. The van der Waals surface area contributed by atoms with E-state index in [0.29, 0.717) is 18.8 Å². The van der Waals surface area contributed by atoms with Gasteiger partial charge in [-0.3, -0.25) is 4.79 Å². The van der Waals surface area contributed by atoms with E-state index in [1.54, 1.807) is 23.1 Å². The second-order valence-electron chi connectivity index (χ2n) is 5.68. The summed E-state index contributed by atoms with van der Waals surface area (Å²) in [6.07, 6.45) is 1.75. The van der Waals surface area contributed by atoms with Crippen molar-refractivity contribution in [3.63, 3.8) is 0 Å². The lowest BCUT2D eigenvalue weighted by atomic mass is 10.2. The molecule has 1 aliphatic heterocycles. The van der Waals surface area contributed by atoms with Crippen LogP contribution in [-0.4, -0.2) is 42.1 Å². The maximum absolute atomic E-state index is 13.0. The average molecular weight is 317 g/mol. The topological polar surface area (TPSA) is 49.6 Å². The van der Waals surface area contributed by atoms with E-state index in [-0.39, 0.29) is 11.7 Å². The summed E-state index contributed by atoms with van der Waals surface area (Å²) in [6.45, 7) is 4.73. The van der Waals surface area contributed by atoms with E-state index in [1.165, 1.54) is 12.1 Å². The number of carbonyl (C=O) groups is 1. The Labute approximate surface area is 134 Å². The number of aryl methyl sites for hydroxylation is 1. The highest BCUT2D eigenvalue weighted by Gasteiger charge is 2.24. The van der Waals surface area contributed by atoms with Crippen LogP contribution in [0.2, 0.25) is 0 Å². The smallest absolute Gasteiger partial charge is 0.276 e. The molecule has 0 spiro atoms. The highest BCUT2D eigenvalue weighted by atomic mass is 19.1. The third-order valence-corrected chi connectivity index (χ3v) is 4.03. The monoisotopic (exact) mass is 317 g/mol. The lowest BCUT2D eigenvalue weighted by molar-refractivity contribution is 0.0736. The number of anilines is 1.